The molecule has 3 aromatic rings. The number of anilines is 2. The number of nitrogens with zero attached hydrogens (tertiary/aromatic N) is 4. The zero-order chi connectivity index (χ0) is 26.2. The topological polar surface area (TPSA) is 71.2 Å². The molecule has 198 valence electrons. The first-order valence-electron chi connectivity index (χ1n) is 13.4. The lowest BCUT2D eigenvalue weighted by Crippen LogP contribution is -2.49. The minimum atomic E-state index is -0.109. The van der Waals surface area contributed by atoms with E-state index < -0.39 is 0 Å². The molecule has 8 nitrogen and oxygen atoms in total. The molecule has 0 spiro atoms. The molecular weight excluding hydrogens is 476 g/mol. The summed E-state index contributed by atoms with van der Waals surface area (Å²) >= 11 is 0. The maximum absolute atomic E-state index is 12.9. The van der Waals surface area contributed by atoms with Gasteiger partial charge >= 0.3 is 12.1 Å². The van der Waals surface area contributed by atoms with Gasteiger partial charge in [0, 0.05) is 76.8 Å². The Morgan fingerprint density at radius 1 is 0.526 bits per heavy atom. The Labute approximate surface area is 224 Å². The molecule has 2 aliphatic rings. The Balaban J connectivity index is 1.06. The fraction of sp³-hybridized carbons (Fsp3) is 0.333. The summed E-state index contributed by atoms with van der Waals surface area (Å²) in [6.07, 6.45) is 0. The van der Waals surface area contributed by atoms with Crippen LogP contribution in [0.4, 0.5) is 21.0 Å². The highest BCUT2D eigenvalue weighted by Gasteiger charge is 2.23. The summed E-state index contributed by atoms with van der Waals surface area (Å²) in [6, 6.07) is 28.0. The summed E-state index contributed by atoms with van der Waals surface area (Å²) in [5.41, 5.74) is 3.93. The van der Waals surface area contributed by atoms with Gasteiger partial charge in [-0.25, -0.2) is 9.59 Å². The Kier molecular flexibility index (Phi) is 8.53. The van der Waals surface area contributed by atoms with E-state index in [9.17, 15) is 9.59 Å². The number of piperazine rings is 2. The van der Waals surface area contributed by atoms with Gasteiger partial charge in [-0.3, -0.25) is 9.80 Å². The predicted octanol–water partition coefficient (Wildman–Crippen LogP) is 4.39. The van der Waals surface area contributed by atoms with Crippen LogP contribution in [0.25, 0.3) is 0 Å². The van der Waals surface area contributed by atoms with Gasteiger partial charge in [0.2, 0.25) is 0 Å². The minimum Gasteiger partial charge on any atom is -0.322 e. The van der Waals surface area contributed by atoms with Gasteiger partial charge in [0.05, 0.1) is 0 Å². The predicted molar refractivity (Wildman–Crippen MR) is 151 cm³/mol. The van der Waals surface area contributed by atoms with E-state index in [4.69, 9.17) is 0 Å². The van der Waals surface area contributed by atoms with Crippen LogP contribution in [0.5, 0.6) is 0 Å². The third-order valence-electron chi connectivity index (χ3n) is 7.18. The second-order valence-electron chi connectivity index (χ2n) is 9.94. The zero-order valence-electron chi connectivity index (χ0n) is 21.8. The molecule has 0 aromatic heterocycles. The number of rotatable bonds is 6. The van der Waals surface area contributed by atoms with Crippen LogP contribution in [-0.4, -0.2) is 84.0 Å². The normalized spacial score (nSPS) is 16.7. The zero-order valence-corrected chi connectivity index (χ0v) is 21.8. The highest BCUT2D eigenvalue weighted by atomic mass is 16.2. The molecular formula is C30H36N6O2. The van der Waals surface area contributed by atoms with E-state index >= 15 is 0 Å². The molecule has 0 radical (unpaired) electrons. The molecule has 0 aliphatic carbocycles. The molecule has 2 fully saturated rings. The van der Waals surface area contributed by atoms with E-state index in [1.54, 1.807) is 0 Å². The number of urea groups is 2. The lowest BCUT2D eigenvalue weighted by molar-refractivity contribution is 0.143. The second kappa shape index (κ2) is 12.6. The fourth-order valence-electron chi connectivity index (χ4n) is 4.98. The van der Waals surface area contributed by atoms with Crippen LogP contribution >= 0.6 is 0 Å². The van der Waals surface area contributed by atoms with Gasteiger partial charge in [-0.15, -0.1) is 0 Å². The highest BCUT2D eigenvalue weighted by Crippen LogP contribution is 2.18. The lowest BCUT2D eigenvalue weighted by atomic mass is 10.2. The second-order valence-corrected chi connectivity index (χ2v) is 9.94. The number of benzene rings is 3. The molecule has 2 heterocycles. The van der Waals surface area contributed by atoms with Crippen LogP contribution < -0.4 is 10.6 Å². The quantitative estimate of drug-likeness (QED) is 0.514. The van der Waals surface area contributed by atoms with Crippen molar-refractivity contribution in [1.29, 1.82) is 0 Å². The number of hydrogen-bond acceptors (Lipinski definition) is 4. The van der Waals surface area contributed by atoms with Crippen molar-refractivity contribution in [3.05, 3.63) is 96.1 Å². The van der Waals surface area contributed by atoms with E-state index in [0.717, 1.165) is 39.3 Å². The van der Waals surface area contributed by atoms with Gasteiger partial charge in [0.1, 0.15) is 0 Å². The van der Waals surface area contributed by atoms with Crippen LogP contribution in [0.1, 0.15) is 11.1 Å². The van der Waals surface area contributed by atoms with Crippen LogP contribution in [0.2, 0.25) is 0 Å². The minimum absolute atomic E-state index is 0.109. The first-order chi connectivity index (χ1) is 18.6. The van der Waals surface area contributed by atoms with Crippen molar-refractivity contribution < 1.29 is 9.59 Å². The van der Waals surface area contributed by atoms with Gasteiger partial charge in [-0.05, 0) is 29.3 Å². The highest BCUT2D eigenvalue weighted by molar-refractivity contribution is 5.93. The Hall–Kier alpha value is -3.88. The third kappa shape index (κ3) is 7.12. The van der Waals surface area contributed by atoms with E-state index in [1.807, 2.05) is 46.2 Å². The molecule has 0 saturated carbocycles. The molecule has 38 heavy (non-hydrogen) atoms. The first kappa shape index (κ1) is 25.8. The Morgan fingerprint density at radius 2 is 0.921 bits per heavy atom. The summed E-state index contributed by atoms with van der Waals surface area (Å²) < 4.78 is 0. The van der Waals surface area contributed by atoms with E-state index in [1.165, 1.54) is 11.1 Å². The van der Waals surface area contributed by atoms with Gasteiger partial charge < -0.3 is 20.4 Å². The number of nitrogens with one attached hydrogen (secondary N) is 2. The summed E-state index contributed by atoms with van der Waals surface area (Å²) in [4.78, 5) is 34.2. The lowest BCUT2D eigenvalue weighted by Gasteiger charge is -2.35. The van der Waals surface area contributed by atoms with E-state index in [0.29, 0.717) is 37.6 Å². The van der Waals surface area contributed by atoms with Crippen LogP contribution in [0.3, 0.4) is 0 Å². The molecule has 8 heteroatoms. The van der Waals surface area contributed by atoms with E-state index in [-0.39, 0.29) is 12.1 Å². The summed E-state index contributed by atoms with van der Waals surface area (Å²) in [5.74, 6) is 0. The van der Waals surface area contributed by atoms with E-state index in [2.05, 4.69) is 69.0 Å². The van der Waals surface area contributed by atoms with Gasteiger partial charge in [0.15, 0.2) is 0 Å². The van der Waals surface area contributed by atoms with Crippen LogP contribution in [-0.2, 0) is 13.1 Å². The van der Waals surface area contributed by atoms with Gasteiger partial charge in [0.25, 0.3) is 0 Å². The third-order valence-corrected chi connectivity index (χ3v) is 7.18. The number of carbonyl (C=O) groups excluding carboxylic acids is 2. The van der Waals surface area contributed by atoms with Gasteiger partial charge in [-0.1, -0.05) is 66.7 Å². The van der Waals surface area contributed by atoms with Crippen molar-refractivity contribution in [2.45, 2.75) is 13.1 Å². The Morgan fingerprint density at radius 3 is 1.32 bits per heavy atom. The number of carbonyl (C=O) groups is 2. The van der Waals surface area contributed by atoms with Crippen molar-refractivity contribution in [3.63, 3.8) is 0 Å². The fourth-order valence-corrected chi connectivity index (χ4v) is 4.98. The molecule has 0 atom stereocenters. The SMILES string of the molecule is O=C(Nc1cccc(NC(=O)N2CCN(Cc3ccccc3)CC2)c1)N1CCN(Cc2ccccc2)CC1. The summed E-state index contributed by atoms with van der Waals surface area (Å²) in [6.45, 7) is 7.93. The van der Waals surface area contributed by atoms with Crippen molar-refractivity contribution in [2.75, 3.05) is 63.0 Å². The number of hydrogen-bond donors (Lipinski definition) is 2. The molecule has 3 aromatic carbocycles. The number of amides is 4. The van der Waals surface area contributed by atoms with Crippen LogP contribution in [0, 0.1) is 0 Å². The molecule has 2 aliphatic heterocycles. The van der Waals surface area contributed by atoms with Gasteiger partial charge in [-0.2, -0.15) is 0 Å². The van der Waals surface area contributed by atoms with Crippen molar-refractivity contribution in [3.8, 4) is 0 Å². The molecule has 0 bridgehead atoms. The molecule has 2 N–H and O–H groups in total. The smallest absolute Gasteiger partial charge is 0.321 e. The summed E-state index contributed by atoms with van der Waals surface area (Å²) in [7, 11) is 0. The molecule has 4 amide bonds. The maximum Gasteiger partial charge on any atom is 0.321 e. The van der Waals surface area contributed by atoms with Crippen molar-refractivity contribution in [1.82, 2.24) is 19.6 Å². The summed E-state index contributed by atoms with van der Waals surface area (Å²) in [5, 5.41) is 5.99. The monoisotopic (exact) mass is 512 g/mol. The largest absolute Gasteiger partial charge is 0.322 e. The molecule has 2 saturated heterocycles. The van der Waals surface area contributed by atoms with Crippen molar-refractivity contribution >= 4 is 23.4 Å². The maximum atomic E-state index is 12.9. The molecule has 5 rings (SSSR count). The first-order valence-corrected chi connectivity index (χ1v) is 13.4. The average Bonchev–Trinajstić information content (AvgIpc) is 2.95. The average molecular weight is 513 g/mol. The molecule has 0 unspecified atom stereocenters. The Bertz CT molecular complexity index is 1100. The van der Waals surface area contributed by atoms with Crippen molar-refractivity contribution in [2.24, 2.45) is 0 Å². The van der Waals surface area contributed by atoms with Crippen LogP contribution in [0.15, 0.2) is 84.9 Å². The standard InChI is InChI=1S/C30H36N6O2/c37-29(35-18-14-33(15-19-35)23-25-8-3-1-4-9-25)31-27-12-7-13-28(22-27)32-30(38)36-20-16-34(17-21-36)24-26-10-5-2-6-11-26/h1-13,22H,14-21,23-24H2,(H,31,37)(H,32,38).